The van der Waals surface area contributed by atoms with E-state index >= 15 is 0 Å². The number of likely N-dealkylation sites (tertiary alicyclic amines) is 1. The molecule has 1 fully saturated rings. The number of aliphatic hydroxyl groups excluding tert-OH is 1. The maximum absolute atomic E-state index is 14.7. The van der Waals surface area contributed by atoms with Gasteiger partial charge in [0.05, 0.1) is 24.9 Å². The fourth-order valence-electron chi connectivity index (χ4n) is 4.89. The number of aliphatic carboxylic acids is 1. The van der Waals surface area contributed by atoms with Gasteiger partial charge < -0.3 is 19.8 Å². The summed E-state index contributed by atoms with van der Waals surface area (Å²) in [5, 5.41) is 21.0. The van der Waals surface area contributed by atoms with Crippen molar-refractivity contribution in [2.45, 2.75) is 51.6 Å². The molecule has 2 heterocycles. The lowest BCUT2D eigenvalue weighted by Crippen LogP contribution is -2.42. The summed E-state index contributed by atoms with van der Waals surface area (Å²) in [7, 11) is 1.54. The van der Waals surface area contributed by atoms with Crippen LogP contribution < -0.4 is 4.74 Å². The summed E-state index contributed by atoms with van der Waals surface area (Å²) < 4.78 is 20.0. The number of ether oxygens (including phenoxy) is 1. The number of aromatic nitrogens is 1. The third kappa shape index (κ3) is 7.30. The predicted octanol–water partition coefficient (Wildman–Crippen LogP) is 5.14. The number of carboxylic acids is 1. The minimum absolute atomic E-state index is 0.0400. The number of fused-ring (bicyclic) bond motifs is 1. The molecule has 2 aromatic rings. The normalized spacial score (nSPS) is 19.9. The second kappa shape index (κ2) is 13.3. The zero-order valence-corrected chi connectivity index (χ0v) is 21.0. The molecule has 1 aromatic carbocycles. The lowest BCUT2D eigenvalue weighted by atomic mass is 9.79. The van der Waals surface area contributed by atoms with Crippen LogP contribution in [0.15, 0.2) is 24.4 Å². The number of benzene rings is 1. The first-order chi connectivity index (χ1) is 16.4. The Bertz CT molecular complexity index is 944. The van der Waals surface area contributed by atoms with Gasteiger partial charge in [0.25, 0.3) is 0 Å². The van der Waals surface area contributed by atoms with E-state index in [1.54, 1.807) is 25.3 Å². The second-order valence-corrected chi connectivity index (χ2v) is 10.4. The number of unbranched alkanes of at least 4 members (excludes halogenated alkanes) is 1. The van der Waals surface area contributed by atoms with Gasteiger partial charge in [-0.1, -0.05) is 13.3 Å². The highest BCUT2D eigenvalue weighted by Crippen LogP contribution is 2.35. The lowest BCUT2D eigenvalue weighted by Gasteiger charge is -2.38. The van der Waals surface area contributed by atoms with E-state index in [1.807, 2.05) is 11.8 Å². The number of halogens is 1. The fraction of sp³-hybridized carbons (Fsp3) is 0.615. The molecule has 3 atom stereocenters. The van der Waals surface area contributed by atoms with Crippen LogP contribution in [0.4, 0.5) is 4.39 Å². The van der Waals surface area contributed by atoms with Gasteiger partial charge in [-0.25, -0.2) is 4.39 Å². The third-order valence-electron chi connectivity index (χ3n) is 6.82. The molecule has 0 bridgehead atoms. The van der Waals surface area contributed by atoms with E-state index in [9.17, 15) is 19.4 Å². The van der Waals surface area contributed by atoms with Crippen LogP contribution >= 0.6 is 11.8 Å². The number of carboxylic acid groups (broad SMARTS) is 1. The van der Waals surface area contributed by atoms with E-state index in [0.717, 1.165) is 38.0 Å². The summed E-state index contributed by atoms with van der Waals surface area (Å²) in [6.07, 6.45) is 4.66. The van der Waals surface area contributed by atoms with Crippen LogP contribution in [-0.2, 0) is 4.79 Å². The molecule has 34 heavy (non-hydrogen) atoms. The maximum atomic E-state index is 14.7. The molecule has 0 aliphatic carbocycles. The quantitative estimate of drug-likeness (QED) is 0.375. The van der Waals surface area contributed by atoms with Gasteiger partial charge in [0.2, 0.25) is 0 Å². The summed E-state index contributed by atoms with van der Waals surface area (Å²) in [5.74, 6) is 1.74. The Kier molecular flexibility index (Phi) is 10.4. The van der Waals surface area contributed by atoms with Crippen molar-refractivity contribution in [3.63, 3.8) is 0 Å². The van der Waals surface area contributed by atoms with E-state index in [1.165, 1.54) is 18.6 Å². The Balaban J connectivity index is 1.63. The largest absolute Gasteiger partial charge is 0.497 e. The number of methoxy groups -OCH3 is 1. The van der Waals surface area contributed by atoms with Gasteiger partial charge in [-0.2, -0.15) is 11.8 Å². The molecule has 0 saturated carbocycles. The summed E-state index contributed by atoms with van der Waals surface area (Å²) in [6.45, 7) is 4.89. The molecule has 1 aliphatic rings. The zero-order valence-electron chi connectivity index (χ0n) is 20.2. The van der Waals surface area contributed by atoms with E-state index in [4.69, 9.17) is 4.74 Å². The van der Waals surface area contributed by atoms with Crippen molar-refractivity contribution in [2.75, 3.05) is 38.2 Å². The summed E-state index contributed by atoms with van der Waals surface area (Å²) in [4.78, 5) is 18.0. The minimum atomic E-state index is -0.990. The topological polar surface area (TPSA) is 82.9 Å². The van der Waals surface area contributed by atoms with Gasteiger partial charge in [0.1, 0.15) is 11.6 Å². The Morgan fingerprint density at radius 3 is 2.91 bits per heavy atom. The Hall–Kier alpha value is -1.90. The molecule has 8 heteroatoms. The van der Waals surface area contributed by atoms with Crippen molar-refractivity contribution in [3.8, 4) is 5.75 Å². The molecule has 0 amide bonds. The number of piperidine rings is 1. The van der Waals surface area contributed by atoms with Gasteiger partial charge in [-0.15, -0.1) is 0 Å². The molecular formula is C26H37FN2O4S. The van der Waals surface area contributed by atoms with Crippen molar-refractivity contribution in [1.82, 2.24) is 9.88 Å². The molecule has 3 rings (SSSR count). The van der Waals surface area contributed by atoms with Crippen molar-refractivity contribution < 1.29 is 24.1 Å². The summed E-state index contributed by atoms with van der Waals surface area (Å²) >= 11 is 1.96. The highest BCUT2D eigenvalue weighted by Gasteiger charge is 2.31. The third-order valence-corrected chi connectivity index (χ3v) is 7.87. The van der Waals surface area contributed by atoms with Crippen LogP contribution in [0.3, 0.4) is 0 Å². The van der Waals surface area contributed by atoms with Crippen LogP contribution in [0.1, 0.15) is 57.1 Å². The predicted molar refractivity (Wildman–Crippen MR) is 135 cm³/mol. The van der Waals surface area contributed by atoms with Crippen LogP contribution in [0.2, 0.25) is 0 Å². The van der Waals surface area contributed by atoms with Crippen molar-refractivity contribution >= 4 is 28.6 Å². The van der Waals surface area contributed by atoms with Crippen LogP contribution in [0.25, 0.3) is 10.9 Å². The SMILES string of the molecule is CCCCSCCN1CC[C@@H](CC[C@H](O)c2c(F)cnc3ccc(OC)cc23)[C@@H](CC(=O)O)C1. The van der Waals surface area contributed by atoms with Crippen molar-refractivity contribution in [3.05, 3.63) is 35.8 Å². The molecule has 188 valence electrons. The number of hydrogen-bond acceptors (Lipinski definition) is 6. The molecule has 0 unspecified atom stereocenters. The van der Waals surface area contributed by atoms with E-state index in [2.05, 4.69) is 16.8 Å². The number of aliphatic hydroxyl groups is 1. The average Bonchev–Trinajstić information content (AvgIpc) is 2.82. The molecule has 0 spiro atoms. The van der Waals surface area contributed by atoms with Gasteiger partial charge >= 0.3 is 5.97 Å². The number of thioether (sulfide) groups is 1. The lowest BCUT2D eigenvalue weighted by molar-refractivity contribution is -0.139. The average molecular weight is 493 g/mol. The molecular weight excluding hydrogens is 455 g/mol. The highest BCUT2D eigenvalue weighted by atomic mass is 32.2. The first-order valence-corrected chi connectivity index (χ1v) is 13.4. The smallest absolute Gasteiger partial charge is 0.303 e. The van der Waals surface area contributed by atoms with Gasteiger partial charge in [0, 0.05) is 36.2 Å². The first-order valence-electron chi connectivity index (χ1n) is 12.2. The Morgan fingerprint density at radius 2 is 2.18 bits per heavy atom. The van der Waals surface area contributed by atoms with Gasteiger partial charge in [0.15, 0.2) is 0 Å². The van der Waals surface area contributed by atoms with Crippen LogP contribution in [-0.4, -0.2) is 64.3 Å². The number of nitrogens with zero attached hydrogens (tertiary/aromatic N) is 2. The second-order valence-electron chi connectivity index (χ2n) is 9.17. The van der Waals surface area contributed by atoms with E-state index in [0.29, 0.717) is 29.5 Å². The monoisotopic (exact) mass is 492 g/mol. The Labute approximate surface area is 205 Å². The molecule has 6 nitrogen and oxygen atoms in total. The van der Waals surface area contributed by atoms with Gasteiger partial charge in [-0.05, 0) is 68.0 Å². The van der Waals surface area contributed by atoms with Crippen LogP contribution in [0.5, 0.6) is 5.75 Å². The zero-order chi connectivity index (χ0) is 24.5. The minimum Gasteiger partial charge on any atom is -0.497 e. The Morgan fingerprint density at radius 1 is 1.35 bits per heavy atom. The van der Waals surface area contributed by atoms with E-state index < -0.39 is 17.9 Å². The van der Waals surface area contributed by atoms with E-state index in [-0.39, 0.29) is 23.8 Å². The number of rotatable bonds is 13. The van der Waals surface area contributed by atoms with Crippen molar-refractivity contribution in [1.29, 1.82) is 0 Å². The summed E-state index contributed by atoms with van der Waals surface area (Å²) in [6, 6.07) is 5.22. The molecule has 0 radical (unpaired) electrons. The van der Waals surface area contributed by atoms with Crippen molar-refractivity contribution in [2.24, 2.45) is 11.8 Å². The molecule has 1 aromatic heterocycles. The molecule has 1 saturated heterocycles. The number of hydrogen-bond donors (Lipinski definition) is 2. The fourth-order valence-corrected chi connectivity index (χ4v) is 5.97. The number of carbonyl (C=O) groups is 1. The standard InChI is InChI=1S/C26H37FN2O4S/c1-3-4-12-34-13-11-29-10-9-18(19(17-29)14-25(31)32)5-8-24(30)26-21-15-20(33-2)6-7-23(21)28-16-22(26)27/h6-7,15-16,18-19,24,30H,3-5,8-14,17H2,1-2H3,(H,31,32)/t18-,19+,24+/m1/s1. The first kappa shape index (κ1) is 26.7. The number of pyridine rings is 1. The molecule has 2 N–H and O–H groups in total. The molecule has 1 aliphatic heterocycles. The summed E-state index contributed by atoms with van der Waals surface area (Å²) in [5.41, 5.74) is 0.838. The highest BCUT2D eigenvalue weighted by molar-refractivity contribution is 7.99. The maximum Gasteiger partial charge on any atom is 0.303 e. The van der Waals surface area contributed by atoms with Crippen LogP contribution in [0, 0.1) is 17.7 Å². The van der Waals surface area contributed by atoms with Gasteiger partial charge in [-0.3, -0.25) is 9.78 Å².